The summed E-state index contributed by atoms with van der Waals surface area (Å²) in [6, 6.07) is 8.62. The van der Waals surface area contributed by atoms with Crippen molar-refractivity contribution in [3.63, 3.8) is 0 Å². The van der Waals surface area contributed by atoms with Gasteiger partial charge in [0.2, 0.25) is 0 Å². The van der Waals surface area contributed by atoms with Gasteiger partial charge in [0.15, 0.2) is 0 Å². The maximum atomic E-state index is 3.50. The molecule has 2 rings (SSSR count). The molecule has 0 bridgehead atoms. The molecule has 0 radical (unpaired) electrons. The van der Waals surface area contributed by atoms with Crippen molar-refractivity contribution in [2.24, 2.45) is 7.05 Å². The van der Waals surface area contributed by atoms with E-state index in [2.05, 4.69) is 58.7 Å². The lowest BCUT2D eigenvalue weighted by Gasteiger charge is -1.97. The second-order valence-electron chi connectivity index (χ2n) is 3.09. The highest BCUT2D eigenvalue weighted by Crippen LogP contribution is 2.23. The van der Waals surface area contributed by atoms with Crippen LogP contribution in [-0.2, 0) is 7.05 Å². The van der Waals surface area contributed by atoms with E-state index in [9.17, 15) is 0 Å². The molecule has 2 aromatic rings. The molecule has 1 aromatic carbocycles. The van der Waals surface area contributed by atoms with Crippen LogP contribution in [-0.4, -0.2) is 4.57 Å². The van der Waals surface area contributed by atoms with Crippen molar-refractivity contribution in [2.45, 2.75) is 6.92 Å². The standard InChI is InChI=1S/C10H10BrN/c1-7-3-4-9-8(5-7)6-10(11)12(9)2/h3-6H,1-2H3. The maximum absolute atomic E-state index is 3.50. The molecule has 1 aromatic heterocycles. The first-order valence-electron chi connectivity index (χ1n) is 3.90. The fourth-order valence-electron chi connectivity index (χ4n) is 1.44. The summed E-state index contributed by atoms with van der Waals surface area (Å²) in [6.45, 7) is 2.11. The van der Waals surface area contributed by atoms with Gasteiger partial charge in [0.05, 0.1) is 4.60 Å². The zero-order chi connectivity index (χ0) is 8.72. The highest BCUT2D eigenvalue weighted by Gasteiger charge is 2.01. The highest BCUT2D eigenvalue weighted by atomic mass is 79.9. The lowest BCUT2D eigenvalue weighted by Crippen LogP contribution is -1.85. The second-order valence-corrected chi connectivity index (χ2v) is 3.90. The van der Waals surface area contributed by atoms with Gasteiger partial charge >= 0.3 is 0 Å². The van der Waals surface area contributed by atoms with Crippen LogP contribution in [0.5, 0.6) is 0 Å². The summed E-state index contributed by atoms with van der Waals surface area (Å²) in [7, 11) is 2.06. The number of hydrogen-bond acceptors (Lipinski definition) is 0. The second kappa shape index (κ2) is 2.63. The van der Waals surface area contributed by atoms with Gasteiger partial charge in [-0.15, -0.1) is 0 Å². The molecular formula is C10H10BrN. The number of nitrogens with zero attached hydrogens (tertiary/aromatic N) is 1. The summed E-state index contributed by atoms with van der Waals surface area (Å²) in [5, 5.41) is 1.30. The molecule has 0 amide bonds. The lowest BCUT2D eigenvalue weighted by molar-refractivity contribution is 0.941. The van der Waals surface area contributed by atoms with Gasteiger partial charge in [0.1, 0.15) is 0 Å². The minimum Gasteiger partial charge on any atom is -0.338 e. The van der Waals surface area contributed by atoms with Crippen LogP contribution in [0.15, 0.2) is 28.9 Å². The molecule has 0 saturated heterocycles. The van der Waals surface area contributed by atoms with Crippen LogP contribution in [0.25, 0.3) is 10.9 Å². The predicted octanol–water partition coefficient (Wildman–Crippen LogP) is 3.25. The Hall–Kier alpha value is -0.760. The van der Waals surface area contributed by atoms with E-state index in [0.29, 0.717) is 0 Å². The lowest BCUT2D eigenvalue weighted by atomic mass is 10.2. The average molecular weight is 224 g/mol. The normalized spacial score (nSPS) is 10.9. The van der Waals surface area contributed by atoms with Crippen molar-refractivity contribution in [3.05, 3.63) is 34.4 Å². The minimum absolute atomic E-state index is 1.13. The van der Waals surface area contributed by atoms with Crippen LogP contribution in [0.3, 0.4) is 0 Å². The predicted molar refractivity (Wildman–Crippen MR) is 55.4 cm³/mol. The number of benzene rings is 1. The van der Waals surface area contributed by atoms with E-state index in [0.717, 1.165) is 4.60 Å². The monoisotopic (exact) mass is 223 g/mol. The number of rotatable bonds is 0. The van der Waals surface area contributed by atoms with Gasteiger partial charge in [-0.2, -0.15) is 0 Å². The Morgan fingerprint density at radius 2 is 2.00 bits per heavy atom. The number of aryl methyl sites for hydroxylation is 2. The molecule has 0 aliphatic rings. The largest absolute Gasteiger partial charge is 0.338 e. The quantitative estimate of drug-likeness (QED) is 0.647. The molecule has 0 aliphatic carbocycles. The summed E-state index contributed by atoms with van der Waals surface area (Å²) in [6.07, 6.45) is 0. The number of halogens is 1. The minimum atomic E-state index is 1.13. The van der Waals surface area contributed by atoms with Crippen molar-refractivity contribution in [3.8, 4) is 0 Å². The van der Waals surface area contributed by atoms with E-state index in [4.69, 9.17) is 0 Å². The van der Waals surface area contributed by atoms with Crippen molar-refractivity contribution in [1.29, 1.82) is 0 Å². The highest BCUT2D eigenvalue weighted by molar-refractivity contribution is 9.10. The fourth-order valence-corrected chi connectivity index (χ4v) is 1.87. The zero-order valence-electron chi connectivity index (χ0n) is 7.13. The Labute approximate surface area is 80.1 Å². The van der Waals surface area contributed by atoms with E-state index in [-0.39, 0.29) is 0 Å². The van der Waals surface area contributed by atoms with Gasteiger partial charge in [-0.25, -0.2) is 0 Å². The first kappa shape index (κ1) is 7.87. The molecule has 0 unspecified atom stereocenters. The van der Waals surface area contributed by atoms with E-state index >= 15 is 0 Å². The molecule has 0 aliphatic heterocycles. The molecule has 1 heterocycles. The van der Waals surface area contributed by atoms with E-state index in [1.807, 2.05) is 0 Å². The summed E-state index contributed by atoms with van der Waals surface area (Å²) >= 11 is 3.50. The third-order valence-electron chi connectivity index (χ3n) is 2.14. The van der Waals surface area contributed by atoms with Crippen molar-refractivity contribution < 1.29 is 0 Å². The van der Waals surface area contributed by atoms with Crippen molar-refractivity contribution in [2.75, 3.05) is 0 Å². The molecule has 0 spiro atoms. The van der Waals surface area contributed by atoms with Gasteiger partial charge in [0.25, 0.3) is 0 Å². The third-order valence-corrected chi connectivity index (χ3v) is 2.90. The first-order valence-corrected chi connectivity index (χ1v) is 4.69. The van der Waals surface area contributed by atoms with Crippen LogP contribution >= 0.6 is 15.9 Å². The van der Waals surface area contributed by atoms with Crippen LogP contribution in [0, 0.1) is 6.92 Å². The molecule has 0 saturated carbocycles. The van der Waals surface area contributed by atoms with Crippen molar-refractivity contribution >= 4 is 26.8 Å². The Bertz CT molecular complexity index is 429. The molecule has 0 atom stereocenters. The Balaban J connectivity index is 2.87. The molecule has 1 nitrogen and oxygen atoms in total. The first-order chi connectivity index (χ1) is 5.68. The van der Waals surface area contributed by atoms with Gasteiger partial charge in [0, 0.05) is 18.0 Å². The van der Waals surface area contributed by atoms with Crippen LogP contribution in [0.4, 0.5) is 0 Å². The van der Waals surface area contributed by atoms with Gasteiger partial charge in [-0.05, 0) is 41.1 Å². The van der Waals surface area contributed by atoms with Gasteiger partial charge in [-0.1, -0.05) is 11.6 Å². The summed E-state index contributed by atoms with van der Waals surface area (Å²) in [5.41, 5.74) is 2.58. The summed E-state index contributed by atoms with van der Waals surface area (Å²) < 4.78 is 3.26. The average Bonchev–Trinajstić information content (AvgIpc) is 2.28. The molecule has 0 fully saturated rings. The van der Waals surface area contributed by atoms with Crippen molar-refractivity contribution in [1.82, 2.24) is 4.57 Å². The SMILES string of the molecule is Cc1ccc2c(c1)cc(Br)n2C. The van der Waals surface area contributed by atoms with E-state index in [1.165, 1.54) is 16.5 Å². The molecule has 62 valence electrons. The number of aromatic nitrogens is 1. The fraction of sp³-hybridized carbons (Fsp3) is 0.200. The third kappa shape index (κ3) is 1.07. The number of fused-ring (bicyclic) bond motifs is 1. The van der Waals surface area contributed by atoms with Gasteiger partial charge in [-0.3, -0.25) is 0 Å². The Morgan fingerprint density at radius 3 is 2.75 bits per heavy atom. The molecular weight excluding hydrogens is 214 g/mol. The van der Waals surface area contributed by atoms with Gasteiger partial charge < -0.3 is 4.57 Å². The molecule has 12 heavy (non-hydrogen) atoms. The molecule has 0 N–H and O–H groups in total. The topological polar surface area (TPSA) is 4.93 Å². The zero-order valence-corrected chi connectivity index (χ0v) is 8.72. The summed E-state index contributed by atoms with van der Waals surface area (Å²) in [5.74, 6) is 0. The Kier molecular flexibility index (Phi) is 1.72. The maximum Gasteiger partial charge on any atom is 0.0854 e. The van der Waals surface area contributed by atoms with Crippen LogP contribution < -0.4 is 0 Å². The van der Waals surface area contributed by atoms with E-state index < -0.39 is 0 Å². The van der Waals surface area contributed by atoms with Crippen LogP contribution in [0.2, 0.25) is 0 Å². The Morgan fingerprint density at radius 1 is 1.25 bits per heavy atom. The molecule has 2 heteroatoms. The van der Waals surface area contributed by atoms with E-state index in [1.54, 1.807) is 0 Å². The smallest absolute Gasteiger partial charge is 0.0854 e. The number of hydrogen-bond donors (Lipinski definition) is 0. The summed E-state index contributed by atoms with van der Waals surface area (Å²) in [4.78, 5) is 0. The van der Waals surface area contributed by atoms with Crippen LogP contribution in [0.1, 0.15) is 5.56 Å².